The molecule has 1 aliphatic rings. The highest BCUT2D eigenvalue weighted by Gasteiger charge is 2.39. The van der Waals surface area contributed by atoms with E-state index in [2.05, 4.69) is 5.10 Å². The summed E-state index contributed by atoms with van der Waals surface area (Å²) in [5, 5.41) is 13.2. The molecule has 2 rings (SSSR count). The standard InChI is InChI=1S/C9H13FN2O3S/c10-8-5-11-12(6-8)9(7-13)1-3-16(14,15)4-2-9/h5-6,13H,1-4,7H2. The van der Waals surface area contributed by atoms with E-state index in [4.69, 9.17) is 0 Å². The normalized spacial score (nSPS) is 23.1. The zero-order valence-corrected chi connectivity index (χ0v) is 9.45. The summed E-state index contributed by atoms with van der Waals surface area (Å²) in [7, 11) is -3.01. The molecule has 16 heavy (non-hydrogen) atoms. The maximum Gasteiger partial charge on any atom is 0.161 e. The van der Waals surface area contributed by atoms with Gasteiger partial charge in [-0.1, -0.05) is 0 Å². The summed E-state index contributed by atoms with van der Waals surface area (Å²) >= 11 is 0. The lowest BCUT2D eigenvalue weighted by molar-refractivity contribution is 0.107. The van der Waals surface area contributed by atoms with Crippen molar-refractivity contribution in [2.45, 2.75) is 18.4 Å². The minimum atomic E-state index is -3.01. The maximum atomic E-state index is 12.9. The molecule has 1 aromatic heterocycles. The Morgan fingerprint density at radius 3 is 2.56 bits per heavy atom. The van der Waals surface area contributed by atoms with Gasteiger partial charge in [0, 0.05) is 0 Å². The van der Waals surface area contributed by atoms with Gasteiger partial charge in [0.25, 0.3) is 0 Å². The molecule has 0 unspecified atom stereocenters. The fourth-order valence-electron chi connectivity index (χ4n) is 1.94. The SMILES string of the molecule is O=S1(=O)CCC(CO)(n2cc(F)cn2)CC1. The Morgan fingerprint density at radius 1 is 1.50 bits per heavy atom. The van der Waals surface area contributed by atoms with Crippen LogP contribution in [-0.2, 0) is 15.4 Å². The van der Waals surface area contributed by atoms with Gasteiger partial charge in [0.15, 0.2) is 15.7 Å². The first-order valence-electron chi connectivity index (χ1n) is 4.99. The molecule has 0 saturated carbocycles. The van der Waals surface area contributed by atoms with Gasteiger partial charge in [-0.2, -0.15) is 5.10 Å². The molecule has 1 fully saturated rings. The predicted molar refractivity (Wildman–Crippen MR) is 55.1 cm³/mol. The Kier molecular flexibility index (Phi) is 2.75. The fourth-order valence-corrected chi connectivity index (χ4v) is 3.52. The van der Waals surface area contributed by atoms with E-state index in [-0.39, 0.29) is 31.0 Å². The zero-order valence-electron chi connectivity index (χ0n) is 8.63. The molecule has 90 valence electrons. The van der Waals surface area contributed by atoms with Crippen LogP contribution in [0.1, 0.15) is 12.8 Å². The summed E-state index contributed by atoms with van der Waals surface area (Å²) < 4.78 is 36.8. The minimum Gasteiger partial charge on any atom is -0.394 e. The van der Waals surface area contributed by atoms with Crippen molar-refractivity contribution < 1.29 is 17.9 Å². The summed E-state index contributed by atoms with van der Waals surface area (Å²) in [4.78, 5) is 0. The summed E-state index contributed by atoms with van der Waals surface area (Å²) in [5.74, 6) is -0.467. The van der Waals surface area contributed by atoms with Crippen molar-refractivity contribution in [2.24, 2.45) is 0 Å². The second kappa shape index (κ2) is 3.81. The largest absolute Gasteiger partial charge is 0.394 e. The smallest absolute Gasteiger partial charge is 0.161 e. The van der Waals surface area contributed by atoms with Crippen LogP contribution in [0.25, 0.3) is 0 Å². The molecule has 0 bridgehead atoms. The fraction of sp³-hybridized carbons (Fsp3) is 0.667. The average molecular weight is 248 g/mol. The molecule has 0 aromatic carbocycles. The molecule has 1 saturated heterocycles. The van der Waals surface area contributed by atoms with Crippen LogP contribution in [-0.4, -0.2) is 41.4 Å². The number of rotatable bonds is 2. The third-order valence-corrected chi connectivity index (χ3v) is 4.74. The predicted octanol–water partition coefficient (Wildman–Crippen LogP) is -0.0816. The summed E-state index contributed by atoms with van der Waals surface area (Å²) in [5.41, 5.74) is -0.768. The number of aliphatic hydroxyl groups is 1. The van der Waals surface area contributed by atoms with E-state index in [1.807, 2.05) is 0 Å². The minimum absolute atomic E-state index is 0.00897. The van der Waals surface area contributed by atoms with Crippen molar-refractivity contribution in [2.75, 3.05) is 18.1 Å². The maximum absolute atomic E-state index is 12.9. The summed E-state index contributed by atoms with van der Waals surface area (Å²) in [6.07, 6.45) is 2.79. The van der Waals surface area contributed by atoms with Gasteiger partial charge >= 0.3 is 0 Å². The van der Waals surface area contributed by atoms with Gasteiger partial charge < -0.3 is 5.11 Å². The van der Waals surface area contributed by atoms with Crippen LogP contribution in [0, 0.1) is 5.82 Å². The van der Waals surface area contributed by atoms with E-state index in [0.29, 0.717) is 0 Å². The first kappa shape index (κ1) is 11.5. The molecule has 7 heteroatoms. The van der Waals surface area contributed by atoms with Gasteiger partial charge in [-0.15, -0.1) is 0 Å². The van der Waals surface area contributed by atoms with Crippen molar-refractivity contribution in [1.82, 2.24) is 9.78 Å². The average Bonchev–Trinajstić information content (AvgIpc) is 2.66. The molecule has 0 radical (unpaired) electrons. The first-order valence-corrected chi connectivity index (χ1v) is 6.82. The van der Waals surface area contributed by atoms with E-state index in [1.165, 1.54) is 10.9 Å². The van der Waals surface area contributed by atoms with E-state index >= 15 is 0 Å². The van der Waals surface area contributed by atoms with E-state index in [9.17, 15) is 17.9 Å². The lowest BCUT2D eigenvalue weighted by Crippen LogP contribution is -2.45. The number of hydrogen-bond donors (Lipinski definition) is 1. The van der Waals surface area contributed by atoms with Crippen LogP contribution in [0.5, 0.6) is 0 Å². The monoisotopic (exact) mass is 248 g/mol. The molecule has 1 N–H and O–H groups in total. The van der Waals surface area contributed by atoms with Crippen LogP contribution in [0.3, 0.4) is 0 Å². The lowest BCUT2D eigenvalue weighted by atomic mass is 9.93. The molecule has 1 aliphatic heterocycles. The van der Waals surface area contributed by atoms with Crippen LogP contribution in [0.2, 0.25) is 0 Å². The van der Waals surface area contributed by atoms with E-state index in [0.717, 1.165) is 6.20 Å². The van der Waals surface area contributed by atoms with Crippen molar-refractivity contribution in [3.63, 3.8) is 0 Å². The van der Waals surface area contributed by atoms with Crippen LogP contribution < -0.4 is 0 Å². The number of aromatic nitrogens is 2. The van der Waals surface area contributed by atoms with E-state index < -0.39 is 21.2 Å². The Bertz CT molecular complexity index is 469. The Hall–Kier alpha value is -0.950. The molecule has 0 spiro atoms. The van der Waals surface area contributed by atoms with Crippen molar-refractivity contribution in [1.29, 1.82) is 0 Å². The highest BCUT2D eigenvalue weighted by molar-refractivity contribution is 7.91. The van der Waals surface area contributed by atoms with Gasteiger partial charge in [0.2, 0.25) is 0 Å². The topological polar surface area (TPSA) is 72.2 Å². The quantitative estimate of drug-likeness (QED) is 0.794. The number of nitrogens with zero attached hydrogens (tertiary/aromatic N) is 2. The van der Waals surface area contributed by atoms with Gasteiger partial charge in [0.05, 0.1) is 36.0 Å². The van der Waals surface area contributed by atoms with Crippen molar-refractivity contribution in [3.05, 3.63) is 18.2 Å². The number of sulfone groups is 1. The third kappa shape index (κ3) is 1.97. The molecule has 0 aliphatic carbocycles. The molecule has 5 nitrogen and oxygen atoms in total. The van der Waals surface area contributed by atoms with Gasteiger partial charge in [-0.05, 0) is 12.8 Å². The van der Waals surface area contributed by atoms with Gasteiger partial charge in [-0.3, -0.25) is 4.68 Å². The first-order chi connectivity index (χ1) is 7.47. The molecular formula is C9H13FN2O3S. The second-order valence-electron chi connectivity index (χ2n) is 4.14. The zero-order chi connectivity index (χ0) is 11.8. The molecule has 0 amide bonds. The van der Waals surface area contributed by atoms with E-state index in [1.54, 1.807) is 0 Å². The highest BCUT2D eigenvalue weighted by atomic mass is 32.2. The number of hydrogen-bond acceptors (Lipinski definition) is 4. The molecule has 2 heterocycles. The number of aliphatic hydroxyl groups excluding tert-OH is 1. The lowest BCUT2D eigenvalue weighted by Gasteiger charge is -2.35. The van der Waals surface area contributed by atoms with Crippen LogP contribution in [0.4, 0.5) is 4.39 Å². The van der Waals surface area contributed by atoms with Gasteiger partial charge in [-0.25, -0.2) is 12.8 Å². The van der Waals surface area contributed by atoms with Crippen LogP contribution in [0.15, 0.2) is 12.4 Å². The molecule has 1 aromatic rings. The van der Waals surface area contributed by atoms with Crippen molar-refractivity contribution in [3.8, 4) is 0 Å². The second-order valence-corrected chi connectivity index (χ2v) is 6.44. The summed E-state index contributed by atoms with van der Waals surface area (Å²) in [6, 6.07) is 0. The molecular weight excluding hydrogens is 235 g/mol. The Labute approximate surface area is 92.8 Å². The Balaban J connectivity index is 2.28. The molecule has 0 atom stereocenters. The number of halogens is 1. The Morgan fingerprint density at radius 2 is 2.12 bits per heavy atom. The highest BCUT2D eigenvalue weighted by Crippen LogP contribution is 2.30. The third-order valence-electron chi connectivity index (χ3n) is 3.09. The summed E-state index contributed by atoms with van der Waals surface area (Å²) in [6.45, 7) is -0.233. The van der Waals surface area contributed by atoms with Crippen molar-refractivity contribution >= 4 is 9.84 Å². The van der Waals surface area contributed by atoms with Gasteiger partial charge in [0.1, 0.15) is 0 Å². The van der Waals surface area contributed by atoms with Crippen LogP contribution >= 0.6 is 0 Å².